The average Bonchev–Trinajstić information content (AvgIpc) is 1.88. The zero-order valence-corrected chi connectivity index (χ0v) is 7.31. The van der Waals surface area contributed by atoms with Gasteiger partial charge in [0.25, 0.3) is 0 Å². The van der Waals surface area contributed by atoms with Crippen LogP contribution < -0.4 is 0 Å². The third-order valence-electron chi connectivity index (χ3n) is 1.75. The average molecular weight is 142 g/mol. The molecule has 1 nitrogen and oxygen atoms in total. The minimum absolute atomic E-state index is 0.404. The van der Waals surface area contributed by atoms with Crippen LogP contribution in [-0.4, -0.2) is 5.78 Å². The lowest BCUT2D eigenvalue weighted by Crippen LogP contribution is -2.03. The summed E-state index contributed by atoms with van der Waals surface area (Å²) in [5.74, 6) is 0.999. The van der Waals surface area contributed by atoms with Crippen LogP contribution in [0.15, 0.2) is 0 Å². The van der Waals surface area contributed by atoms with Gasteiger partial charge in [-0.05, 0) is 5.92 Å². The van der Waals surface area contributed by atoms with Crippen LogP contribution in [0, 0.1) is 5.92 Å². The highest BCUT2D eigenvalue weighted by molar-refractivity contribution is 5.78. The molecule has 0 saturated carbocycles. The molecular formula is C9H18O. The fourth-order valence-corrected chi connectivity index (χ4v) is 1.13. The van der Waals surface area contributed by atoms with E-state index in [2.05, 4.69) is 13.8 Å². The minimum atomic E-state index is 0.404. The maximum Gasteiger partial charge on any atom is 0.132 e. The molecule has 0 fully saturated rings. The molecule has 0 saturated heterocycles. The number of carbonyl (C=O) groups excluding carboxylic acids is 1. The highest BCUT2D eigenvalue weighted by Crippen LogP contribution is 2.10. The molecular weight excluding hydrogens is 124 g/mol. The van der Waals surface area contributed by atoms with Gasteiger partial charge in [0.15, 0.2) is 0 Å². The van der Waals surface area contributed by atoms with Crippen molar-refractivity contribution in [3.05, 3.63) is 0 Å². The summed E-state index contributed by atoms with van der Waals surface area (Å²) in [5.41, 5.74) is 0. The monoisotopic (exact) mass is 142 g/mol. The fraction of sp³-hybridized carbons (Fsp3) is 0.889. The van der Waals surface area contributed by atoms with E-state index in [0.717, 1.165) is 6.42 Å². The molecule has 0 aromatic carbocycles. The molecule has 0 heterocycles. The molecule has 1 heteroatoms. The van der Waals surface area contributed by atoms with Crippen LogP contribution in [-0.2, 0) is 4.79 Å². The molecule has 0 aromatic heterocycles. The second kappa shape index (κ2) is 5.45. The molecule has 0 aromatic rings. The fourth-order valence-electron chi connectivity index (χ4n) is 1.13. The van der Waals surface area contributed by atoms with E-state index in [-0.39, 0.29) is 0 Å². The van der Waals surface area contributed by atoms with Crippen LogP contribution in [0.5, 0.6) is 0 Å². The number of Topliss-reactive ketones (excluding diaryl/α,β-unsaturated/α-hetero) is 1. The molecule has 0 N–H and O–H groups in total. The molecule has 0 unspecified atom stereocenters. The van der Waals surface area contributed by atoms with Crippen LogP contribution >= 0.6 is 0 Å². The van der Waals surface area contributed by atoms with Gasteiger partial charge in [-0.3, -0.25) is 4.79 Å². The summed E-state index contributed by atoms with van der Waals surface area (Å²) in [7, 11) is 0. The Labute approximate surface area is 63.8 Å². The van der Waals surface area contributed by atoms with Crippen LogP contribution in [0.2, 0.25) is 0 Å². The molecule has 0 radical (unpaired) electrons. The highest BCUT2D eigenvalue weighted by Gasteiger charge is 2.05. The van der Waals surface area contributed by atoms with Gasteiger partial charge >= 0.3 is 0 Å². The van der Waals surface area contributed by atoms with Gasteiger partial charge < -0.3 is 0 Å². The molecule has 0 rings (SSSR count). The minimum Gasteiger partial charge on any atom is -0.300 e. The second-order valence-electron chi connectivity index (χ2n) is 2.99. The van der Waals surface area contributed by atoms with Gasteiger partial charge in [0.1, 0.15) is 5.78 Å². The maximum absolute atomic E-state index is 10.9. The standard InChI is InChI=1S/C9H18O/c1-4-6-8(3)7-9(10)5-2/h8H,4-7H2,1-3H3/t8-/m1/s1. The third-order valence-corrected chi connectivity index (χ3v) is 1.75. The molecule has 0 amide bonds. The lowest BCUT2D eigenvalue weighted by atomic mass is 9.99. The Hall–Kier alpha value is -0.330. The maximum atomic E-state index is 10.9. The van der Waals surface area contributed by atoms with E-state index in [0.29, 0.717) is 18.1 Å². The number of ketones is 1. The number of hydrogen-bond donors (Lipinski definition) is 0. The van der Waals surface area contributed by atoms with Crippen molar-refractivity contribution in [3.8, 4) is 0 Å². The van der Waals surface area contributed by atoms with Gasteiger partial charge in [-0.15, -0.1) is 0 Å². The Bertz CT molecular complexity index is 96.9. The quantitative estimate of drug-likeness (QED) is 0.577. The van der Waals surface area contributed by atoms with E-state index in [1.807, 2.05) is 6.92 Å². The lowest BCUT2D eigenvalue weighted by molar-refractivity contribution is -0.119. The van der Waals surface area contributed by atoms with Gasteiger partial charge in [-0.2, -0.15) is 0 Å². The number of carbonyl (C=O) groups is 1. The summed E-state index contributed by atoms with van der Waals surface area (Å²) in [6.45, 7) is 6.24. The molecule has 0 aliphatic carbocycles. The SMILES string of the molecule is CCC[C@@H](C)CC(=O)CC. The van der Waals surface area contributed by atoms with Gasteiger partial charge in [-0.25, -0.2) is 0 Å². The van der Waals surface area contributed by atoms with E-state index < -0.39 is 0 Å². The summed E-state index contributed by atoms with van der Waals surface area (Å²) in [5, 5.41) is 0. The molecule has 0 spiro atoms. The smallest absolute Gasteiger partial charge is 0.132 e. The van der Waals surface area contributed by atoms with Crippen LogP contribution in [0.4, 0.5) is 0 Å². The molecule has 0 aliphatic rings. The predicted molar refractivity (Wildman–Crippen MR) is 44.0 cm³/mol. The first-order valence-electron chi connectivity index (χ1n) is 4.22. The second-order valence-corrected chi connectivity index (χ2v) is 2.99. The van der Waals surface area contributed by atoms with Gasteiger partial charge in [0.05, 0.1) is 0 Å². The van der Waals surface area contributed by atoms with Crippen molar-refractivity contribution in [1.82, 2.24) is 0 Å². The van der Waals surface area contributed by atoms with Crippen molar-refractivity contribution in [1.29, 1.82) is 0 Å². The Morgan fingerprint density at radius 1 is 1.40 bits per heavy atom. The van der Waals surface area contributed by atoms with E-state index in [4.69, 9.17) is 0 Å². The predicted octanol–water partition coefficient (Wildman–Crippen LogP) is 2.79. The first-order valence-corrected chi connectivity index (χ1v) is 4.22. The van der Waals surface area contributed by atoms with Crippen LogP contribution in [0.25, 0.3) is 0 Å². The molecule has 0 aliphatic heterocycles. The van der Waals surface area contributed by atoms with Crippen molar-refractivity contribution in [2.24, 2.45) is 5.92 Å². The first-order chi connectivity index (χ1) is 4.70. The van der Waals surface area contributed by atoms with E-state index >= 15 is 0 Å². The zero-order valence-electron chi connectivity index (χ0n) is 7.31. The summed E-state index contributed by atoms with van der Waals surface area (Å²) >= 11 is 0. The number of hydrogen-bond acceptors (Lipinski definition) is 1. The highest BCUT2D eigenvalue weighted by atomic mass is 16.1. The van der Waals surface area contributed by atoms with Gasteiger partial charge in [-0.1, -0.05) is 33.6 Å². The summed E-state index contributed by atoms with van der Waals surface area (Å²) in [6, 6.07) is 0. The summed E-state index contributed by atoms with van der Waals surface area (Å²) < 4.78 is 0. The Morgan fingerprint density at radius 2 is 2.00 bits per heavy atom. The normalized spacial score (nSPS) is 13.1. The zero-order chi connectivity index (χ0) is 7.98. The van der Waals surface area contributed by atoms with Crippen LogP contribution in [0.3, 0.4) is 0 Å². The van der Waals surface area contributed by atoms with Crippen molar-refractivity contribution < 1.29 is 4.79 Å². The van der Waals surface area contributed by atoms with E-state index in [9.17, 15) is 4.79 Å². The van der Waals surface area contributed by atoms with Crippen molar-refractivity contribution in [2.75, 3.05) is 0 Å². The topological polar surface area (TPSA) is 17.1 Å². The molecule has 60 valence electrons. The van der Waals surface area contributed by atoms with Crippen molar-refractivity contribution >= 4 is 5.78 Å². The largest absolute Gasteiger partial charge is 0.300 e. The van der Waals surface area contributed by atoms with Gasteiger partial charge in [0.2, 0.25) is 0 Å². The summed E-state index contributed by atoms with van der Waals surface area (Å²) in [6.07, 6.45) is 3.86. The lowest BCUT2D eigenvalue weighted by Gasteiger charge is -2.06. The van der Waals surface area contributed by atoms with Crippen molar-refractivity contribution in [3.63, 3.8) is 0 Å². The number of rotatable bonds is 5. The molecule has 10 heavy (non-hydrogen) atoms. The summed E-state index contributed by atoms with van der Waals surface area (Å²) in [4.78, 5) is 10.9. The Kier molecular flexibility index (Phi) is 5.27. The van der Waals surface area contributed by atoms with E-state index in [1.165, 1.54) is 12.8 Å². The Balaban J connectivity index is 3.37. The van der Waals surface area contributed by atoms with E-state index in [1.54, 1.807) is 0 Å². The third kappa shape index (κ3) is 4.54. The van der Waals surface area contributed by atoms with Crippen LogP contribution in [0.1, 0.15) is 46.5 Å². The first kappa shape index (κ1) is 9.67. The Morgan fingerprint density at radius 3 is 2.40 bits per heavy atom. The molecule has 1 atom stereocenters. The van der Waals surface area contributed by atoms with Crippen molar-refractivity contribution in [2.45, 2.75) is 46.5 Å². The van der Waals surface area contributed by atoms with Gasteiger partial charge in [0, 0.05) is 12.8 Å². The molecule has 0 bridgehead atoms.